The lowest BCUT2D eigenvalue weighted by molar-refractivity contribution is -0.113. The number of carbonyl (C=O) groups excluding carboxylic acids is 1. The third-order valence-corrected chi connectivity index (χ3v) is 3.96. The SMILES string of the molecule is Cc1ccc(NC(=O)CSCc2cccc(C#N)c2)c(F)c1. The van der Waals surface area contributed by atoms with E-state index in [-0.39, 0.29) is 17.3 Å². The zero-order valence-electron chi connectivity index (χ0n) is 12.1. The summed E-state index contributed by atoms with van der Waals surface area (Å²) >= 11 is 1.42. The Morgan fingerprint density at radius 3 is 2.86 bits per heavy atom. The minimum absolute atomic E-state index is 0.197. The van der Waals surface area contributed by atoms with E-state index in [4.69, 9.17) is 5.26 Å². The lowest BCUT2D eigenvalue weighted by Crippen LogP contribution is -2.15. The second-order valence-electron chi connectivity index (χ2n) is 4.84. The molecule has 0 aliphatic carbocycles. The Hall–Kier alpha value is -2.32. The van der Waals surface area contributed by atoms with Crippen LogP contribution in [0.2, 0.25) is 0 Å². The third-order valence-electron chi connectivity index (χ3n) is 2.96. The maximum atomic E-state index is 13.6. The molecule has 22 heavy (non-hydrogen) atoms. The zero-order chi connectivity index (χ0) is 15.9. The molecular weight excluding hydrogens is 299 g/mol. The number of aryl methyl sites for hydroxylation is 1. The molecule has 3 nitrogen and oxygen atoms in total. The van der Waals surface area contributed by atoms with Crippen molar-refractivity contribution in [1.29, 1.82) is 5.26 Å². The number of nitriles is 1. The number of amides is 1. The number of carbonyl (C=O) groups is 1. The molecule has 0 unspecified atom stereocenters. The molecule has 0 radical (unpaired) electrons. The molecule has 0 spiro atoms. The van der Waals surface area contributed by atoms with E-state index >= 15 is 0 Å². The highest BCUT2D eigenvalue weighted by Gasteiger charge is 2.07. The van der Waals surface area contributed by atoms with Crippen molar-refractivity contribution in [2.24, 2.45) is 0 Å². The van der Waals surface area contributed by atoms with Gasteiger partial charge < -0.3 is 5.32 Å². The van der Waals surface area contributed by atoms with E-state index in [1.54, 1.807) is 31.2 Å². The fraction of sp³-hybridized carbons (Fsp3) is 0.176. The number of hydrogen-bond acceptors (Lipinski definition) is 3. The molecule has 0 aliphatic heterocycles. The molecule has 0 saturated heterocycles. The van der Waals surface area contributed by atoms with Gasteiger partial charge in [-0.15, -0.1) is 11.8 Å². The third kappa shape index (κ3) is 4.61. The van der Waals surface area contributed by atoms with Crippen LogP contribution < -0.4 is 5.32 Å². The Balaban J connectivity index is 1.84. The van der Waals surface area contributed by atoms with Crippen molar-refractivity contribution >= 4 is 23.4 Å². The number of halogens is 1. The summed E-state index contributed by atoms with van der Waals surface area (Å²) in [7, 11) is 0. The molecular formula is C17H15FN2OS. The molecule has 5 heteroatoms. The van der Waals surface area contributed by atoms with Gasteiger partial charge >= 0.3 is 0 Å². The monoisotopic (exact) mass is 314 g/mol. The van der Waals surface area contributed by atoms with Crippen molar-refractivity contribution in [2.75, 3.05) is 11.1 Å². The summed E-state index contributed by atoms with van der Waals surface area (Å²) in [5.74, 6) is 0.174. The van der Waals surface area contributed by atoms with Gasteiger partial charge in [0.25, 0.3) is 0 Å². The quantitative estimate of drug-likeness (QED) is 0.911. The normalized spacial score (nSPS) is 10.0. The van der Waals surface area contributed by atoms with Crippen molar-refractivity contribution in [2.45, 2.75) is 12.7 Å². The minimum atomic E-state index is -0.430. The highest BCUT2D eigenvalue weighted by molar-refractivity contribution is 7.99. The average Bonchev–Trinajstić information content (AvgIpc) is 2.50. The van der Waals surface area contributed by atoms with E-state index in [2.05, 4.69) is 11.4 Å². The molecule has 1 N–H and O–H groups in total. The van der Waals surface area contributed by atoms with Gasteiger partial charge in [0.15, 0.2) is 0 Å². The van der Waals surface area contributed by atoms with Gasteiger partial charge in [-0.2, -0.15) is 5.26 Å². The first-order chi connectivity index (χ1) is 10.6. The second kappa shape index (κ2) is 7.62. The number of nitrogens with zero attached hydrogens (tertiary/aromatic N) is 1. The summed E-state index contributed by atoms with van der Waals surface area (Å²) in [5.41, 5.74) is 2.59. The van der Waals surface area contributed by atoms with Crippen LogP contribution in [-0.2, 0) is 10.5 Å². The van der Waals surface area contributed by atoms with E-state index in [1.807, 2.05) is 12.1 Å². The summed E-state index contributed by atoms with van der Waals surface area (Å²) in [5, 5.41) is 11.4. The summed E-state index contributed by atoms with van der Waals surface area (Å²) in [6.45, 7) is 1.79. The van der Waals surface area contributed by atoms with Crippen molar-refractivity contribution in [3.63, 3.8) is 0 Å². The maximum Gasteiger partial charge on any atom is 0.234 e. The summed E-state index contributed by atoms with van der Waals surface area (Å²) < 4.78 is 13.6. The Morgan fingerprint density at radius 1 is 1.32 bits per heavy atom. The van der Waals surface area contributed by atoms with Gasteiger partial charge in [0.2, 0.25) is 5.91 Å². The van der Waals surface area contributed by atoms with Gasteiger partial charge in [-0.05, 0) is 42.3 Å². The molecule has 2 aromatic rings. The first kappa shape index (κ1) is 16.1. The van der Waals surface area contributed by atoms with Crippen LogP contribution in [0.15, 0.2) is 42.5 Å². The molecule has 0 bridgehead atoms. The van der Waals surface area contributed by atoms with Crippen LogP contribution in [-0.4, -0.2) is 11.7 Å². The van der Waals surface area contributed by atoms with E-state index in [9.17, 15) is 9.18 Å². The van der Waals surface area contributed by atoms with Crippen LogP contribution in [0, 0.1) is 24.1 Å². The first-order valence-electron chi connectivity index (χ1n) is 6.71. The molecule has 2 rings (SSSR count). The number of rotatable bonds is 5. The van der Waals surface area contributed by atoms with Crippen LogP contribution in [0.25, 0.3) is 0 Å². The number of hydrogen-bond donors (Lipinski definition) is 1. The molecule has 1 amide bonds. The van der Waals surface area contributed by atoms with Crippen molar-refractivity contribution < 1.29 is 9.18 Å². The lowest BCUT2D eigenvalue weighted by Gasteiger charge is -2.07. The van der Waals surface area contributed by atoms with Crippen molar-refractivity contribution in [1.82, 2.24) is 0 Å². The Morgan fingerprint density at radius 2 is 2.14 bits per heavy atom. The smallest absolute Gasteiger partial charge is 0.234 e. The van der Waals surface area contributed by atoms with Crippen LogP contribution in [0.4, 0.5) is 10.1 Å². The molecule has 0 fully saturated rings. The van der Waals surface area contributed by atoms with Crippen LogP contribution in [0.3, 0.4) is 0 Å². The fourth-order valence-electron chi connectivity index (χ4n) is 1.90. The summed E-state index contributed by atoms with van der Waals surface area (Å²) in [6, 6.07) is 14.0. The van der Waals surface area contributed by atoms with E-state index < -0.39 is 5.82 Å². The lowest BCUT2D eigenvalue weighted by atomic mass is 10.2. The van der Waals surface area contributed by atoms with E-state index in [1.165, 1.54) is 17.8 Å². The highest BCUT2D eigenvalue weighted by atomic mass is 32.2. The van der Waals surface area contributed by atoms with Crippen LogP contribution >= 0.6 is 11.8 Å². The predicted molar refractivity (Wildman–Crippen MR) is 87.1 cm³/mol. The number of thioether (sulfide) groups is 1. The number of nitrogens with one attached hydrogen (secondary N) is 1. The Bertz CT molecular complexity index is 725. The molecule has 0 aromatic heterocycles. The van der Waals surface area contributed by atoms with Gasteiger partial charge in [-0.3, -0.25) is 4.79 Å². The Kier molecular flexibility index (Phi) is 5.56. The summed E-state index contributed by atoms with van der Waals surface area (Å²) in [4.78, 5) is 11.8. The average molecular weight is 314 g/mol. The van der Waals surface area contributed by atoms with Gasteiger partial charge in [-0.1, -0.05) is 18.2 Å². The van der Waals surface area contributed by atoms with Gasteiger partial charge in [0.05, 0.1) is 23.1 Å². The van der Waals surface area contributed by atoms with E-state index in [0.29, 0.717) is 11.3 Å². The molecule has 0 aliphatic rings. The predicted octanol–water partition coefficient (Wildman–Crippen LogP) is 3.88. The minimum Gasteiger partial charge on any atom is -0.323 e. The molecule has 0 heterocycles. The second-order valence-corrected chi connectivity index (χ2v) is 5.82. The standard InChI is InChI=1S/C17H15FN2OS/c1-12-5-6-16(15(18)7-12)20-17(21)11-22-10-14-4-2-3-13(8-14)9-19/h2-8H,10-11H2,1H3,(H,20,21). The molecule has 112 valence electrons. The van der Waals surface area contributed by atoms with Gasteiger partial charge in [0.1, 0.15) is 5.82 Å². The highest BCUT2D eigenvalue weighted by Crippen LogP contribution is 2.17. The van der Waals surface area contributed by atoms with Crippen LogP contribution in [0.1, 0.15) is 16.7 Å². The maximum absolute atomic E-state index is 13.6. The zero-order valence-corrected chi connectivity index (χ0v) is 12.9. The van der Waals surface area contributed by atoms with Crippen molar-refractivity contribution in [3.05, 3.63) is 65.0 Å². The van der Waals surface area contributed by atoms with Crippen LogP contribution in [0.5, 0.6) is 0 Å². The fourth-order valence-corrected chi connectivity index (χ4v) is 2.67. The van der Waals surface area contributed by atoms with Gasteiger partial charge in [-0.25, -0.2) is 4.39 Å². The molecule has 0 atom stereocenters. The first-order valence-corrected chi connectivity index (χ1v) is 7.87. The number of anilines is 1. The molecule has 0 saturated carbocycles. The number of benzene rings is 2. The Labute approximate surface area is 133 Å². The molecule has 2 aromatic carbocycles. The van der Waals surface area contributed by atoms with Gasteiger partial charge in [0, 0.05) is 5.75 Å². The van der Waals surface area contributed by atoms with Crippen molar-refractivity contribution in [3.8, 4) is 6.07 Å². The van der Waals surface area contributed by atoms with E-state index in [0.717, 1.165) is 11.1 Å². The topological polar surface area (TPSA) is 52.9 Å². The largest absolute Gasteiger partial charge is 0.323 e. The summed E-state index contributed by atoms with van der Waals surface area (Å²) in [6.07, 6.45) is 0.